The lowest BCUT2D eigenvalue weighted by atomic mass is 9.96. The number of ether oxygens (including phenoxy) is 1. The average molecular weight is 525 g/mol. The fourth-order valence-corrected chi connectivity index (χ4v) is 5.61. The lowest BCUT2D eigenvalue weighted by molar-refractivity contribution is 0.0981. The molecule has 0 bridgehead atoms. The molecule has 0 spiro atoms. The molecule has 0 unspecified atom stereocenters. The smallest absolute Gasteiger partial charge is 0.281 e. The number of nitrogens with one attached hydrogen (secondary N) is 1. The van der Waals surface area contributed by atoms with Crippen LogP contribution < -0.4 is 20.1 Å². The van der Waals surface area contributed by atoms with E-state index in [2.05, 4.69) is 33.4 Å². The summed E-state index contributed by atoms with van der Waals surface area (Å²) in [5, 5.41) is -0.329. The molecule has 1 aliphatic carbocycles. The number of nitrogens with two attached hydrogens (primary N) is 1. The van der Waals surface area contributed by atoms with Crippen molar-refractivity contribution in [3.05, 3.63) is 54.2 Å². The molecule has 2 atom stereocenters. The van der Waals surface area contributed by atoms with Crippen LogP contribution in [0.1, 0.15) is 57.7 Å². The number of aromatic nitrogens is 3. The Kier molecular flexibility index (Phi) is 6.72. The minimum absolute atomic E-state index is 0. The summed E-state index contributed by atoms with van der Waals surface area (Å²) in [5.74, 6) is 0.260. The summed E-state index contributed by atoms with van der Waals surface area (Å²) >= 11 is 0. The SMILES string of the molecule is C[C@@H]1CC[C@H](C)N1c1nc(-c2ccc(OC3CCC3)nc2)ccc1C(=O)NS(=O)(=O)c1cccc(N)n1.[HH]. The second kappa shape index (κ2) is 9.97. The van der Waals surface area contributed by atoms with Gasteiger partial charge in [0.05, 0.1) is 11.3 Å². The van der Waals surface area contributed by atoms with E-state index in [1.807, 2.05) is 12.1 Å². The zero-order chi connectivity index (χ0) is 26.2. The molecule has 4 heterocycles. The Bertz CT molecular complexity index is 1410. The van der Waals surface area contributed by atoms with Crippen LogP contribution in [0, 0.1) is 0 Å². The van der Waals surface area contributed by atoms with E-state index in [0.29, 0.717) is 17.4 Å². The molecule has 196 valence electrons. The van der Waals surface area contributed by atoms with E-state index in [4.69, 9.17) is 15.5 Å². The highest BCUT2D eigenvalue weighted by Crippen LogP contribution is 2.34. The molecular weight excluding hydrogens is 492 g/mol. The van der Waals surface area contributed by atoms with Crippen LogP contribution in [-0.4, -0.2) is 47.5 Å². The molecule has 3 N–H and O–H groups in total. The molecule has 0 aromatic carbocycles. The molecular formula is C26H32N6O4S. The van der Waals surface area contributed by atoms with E-state index in [0.717, 1.165) is 31.2 Å². The summed E-state index contributed by atoms with van der Waals surface area (Å²) in [6.45, 7) is 4.14. The number of pyridine rings is 3. The Morgan fingerprint density at radius 2 is 1.81 bits per heavy atom. The standard InChI is InChI=1S/C26H30N6O4S.H2/c1-16-9-10-17(2)32(16)25-20(26(33)31-37(34,35)24-8-4-7-22(27)30-24)12-13-21(29-25)18-11-14-23(28-15-18)36-19-5-3-6-19;/h4,7-8,11-17,19H,3,5-6,9-10H2,1-2H3,(H2,27,30)(H,31,33);1H/t16-,17+;. The third-order valence-electron chi connectivity index (χ3n) is 6.94. The van der Waals surface area contributed by atoms with Crippen molar-refractivity contribution in [2.45, 2.75) is 69.2 Å². The van der Waals surface area contributed by atoms with Crippen molar-refractivity contribution in [3.63, 3.8) is 0 Å². The Hall–Kier alpha value is -3.73. The molecule has 0 radical (unpaired) electrons. The van der Waals surface area contributed by atoms with E-state index in [1.165, 1.54) is 24.6 Å². The Morgan fingerprint density at radius 1 is 1.05 bits per heavy atom. The summed E-state index contributed by atoms with van der Waals surface area (Å²) in [7, 11) is -4.23. The third-order valence-corrected chi connectivity index (χ3v) is 8.17. The number of amides is 1. The second-order valence-electron chi connectivity index (χ2n) is 9.64. The molecule has 10 nitrogen and oxygen atoms in total. The first-order chi connectivity index (χ1) is 17.7. The van der Waals surface area contributed by atoms with Crippen LogP contribution in [0.5, 0.6) is 5.88 Å². The maximum absolute atomic E-state index is 13.3. The second-order valence-corrected chi connectivity index (χ2v) is 11.3. The van der Waals surface area contributed by atoms with E-state index < -0.39 is 15.9 Å². The number of hydrogen-bond donors (Lipinski definition) is 2. The highest BCUT2D eigenvalue weighted by atomic mass is 32.2. The lowest BCUT2D eigenvalue weighted by Crippen LogP contribution is -2.37. The van der Waals surface area contributed by atoms with Crippen molar-refractivity contribution < 1.29 is 19.4 Å². The number of hydrogen-bond acceptors (Lipinski definition) is 9. The molecule has 1 amide bonds. The van der Waals surface area contributed by atoms with Crippen molar-refractivity contribution in [3.8, 4) is 17.1 Å². The monoisotopic (exact) mass is 524 g/mol. The van der Waals surface area contributed by atoms with Gasteiger partial charge in [-0.2, -0.15) is 8.42 Å². The summed E-state index contributed by atoms with van der Waals surface area (Å²) in [6.07, 6.45) is 7.09. The van der Waals surface area contributed by atoms with E-state index in [-0.39, 0.29) is 36.0 Å². The van der Waals surface area contributed by atoms with Gasteiger partial charge in [0.15, 0.2) is 5.03 Å². The summed E-state index contributed by atoms with van der Waals surface area (Å²) in [5.41, 5.74) is 7.19. The van der Waals surface area contributed by atoms with Crippen molar-refractivity contribution in [2.75, 3.05) is 10.6 Å². The topological polar surface area (TPSA) is 140 Å². The molecule has 1 saturated carbocycles. The molecule has 3 aromatic rings. The largest absolute Gasteiger partial charge is 0.474 e. The summed E-state index contributed by atoms with van der Waals surface area (Å²) < 4.78 is 33.7. The van der Waals surface area contributed by atoms with E-state index in [9.17, 15) is 13.2 Å². The predicted octanol–water partition coefficient (Wildman–Crippen LogP) is 3.79. The first kappa shape index (κ1) is 24.9. The highest BCUT2D eigenvalue weighted by Gasteiger charge is 2.33. The quantitative estimate of drug-likeness (QED) is 0.472. The number of rotatable bonds is 7. The van der Waals surface area contributed by atoms with Crippen molar-refractivity contribution >= 4 is 27.6 Å². The number of nitrogen functional groups attached to an aromatic ring is 1. The van der Waals surface area contributed by atoms with Gasteiger partial charge in [-0.05, 0) is 76.3 Å². The first-order valence-electron chi connectivity index (χ1n) is 12.4. The highest BCUT2D eigenvalue weighted by molar-refractivity contribution is 7.90. The van der Waals surface area contributed by atoms with Crippen molar-refractivity contribution in [1.29, 1.82) is 0 Å². The fraction of sp³-hybridized carbons (Fsp3) is 0.385. The van der Waals surface area contributed by atoms with Crippen molar-refractivity contribution in [2.24, 2.45) is 0 Å². The van der Waals surface area contributed by atoms with Gasteiger partial charge >= 0.3 is 0 Å². The molecule has 2 fully saturated rings. The molecule has 1 saturated heterocycles. The molecule has 5 rings (SSSR count). The minimum Gasteiger partial charge on any atom is -0.474 e. The number of nitrogens with zero attached hydrogens (tertiary/aromatic N) is 4. The van der Waals surface area contributed by atoms with Gasteiger partial charge in [0.25, 0.3) is 15.9 Å². The fourth-order valence-electron chi connectivity index (χ4n) is 4.67. The van der Waals surface area contributed by atoms with Crippen LogP contribution in [0.4, 0.5) is 11.6 Å². The summed E-state index contributed by atoms with van der Waals surface area (Å²) in [4.78, 5) is 28.5. The Balaban J connectivity index is 0.00000336. The van der Waals surface area contributed by atoms with Gasteiger partial charge in [-0.3, -0.25) is 4.79 Å². The van der Waals surface area contributed by atoms with Gasteiger partial charge in [0.2, 0.25) is 5.88 Å². The van der Waals surface area contributed by atoms with Gasteiger partial charge in [-0.15, -0.1) is 0 Å². The lowest BCUT2D eigenvalue weighted by Gasteiger charge is -2.29. The number of carbonyl (C=O) groups excluding carboxylic acids is 1. The van der Waals surface area contributed by atoms with Crippen LogP contribution in [-0.2, 0) is 10.0 Å². The van der Waals surface area contributed by atoms with Crippen LogP contribution in [0.25, 0.3) is 11.3 Å². The van der Waals surface area contributed by atoms with Gasteiger partial charge < -0.3 is 15.4 Å². The summed E-state index contributed by atoms with van der Waals surface area (Å²) in [6, 6.07) is 11.5. The van der Waals surface area contributed by atoms with Gasteiger partial charge in [0.1, 0.15) is 17.7 Å². The molecule has 3 aromatic heterocycles. The average Bonchev–Trinajstić information content (AvgIpc) is 3.18. The van der Waals surface area contributed by atoms with Gasteiger partial charge in [-0.25, -0.2) is 19.7 Å². The predicted molar refractivity (Wildman–Crippen MR) is 142 cm³/mol. The van der Waals surface area contributed by atoms with Crippen LogP contribution in [0.15, 0.2) is 53.7 Å². The number of sulfonamides is 1. The van der Waals surface area contributed by atoms with Crippen LogP contribution >= 0.6 is 0 Å². The molecule has 11 heteroatoms. The molecule has 37 heavy (non-hydrogen) atoms. The van der Waals surface area contributed by atoms with Crippen LogP contribution in [0.2, 0.25) is 0 Å². The van der Waals surface area contributed by atoms with Gasteiger partial charge in [0, 0.05) is 31.3 Å². The van der Waals surface area contributed by atoms with Gasteiger partial charge in [-0.1, -0.05) is 6.07 Å². The number of carbonyl (C=O) groups is 1. The van der Waals surface area contributed by atoms with E-state index in [1.54, 1.807) is 18.3 Å². The third kappa shape index (κ3) is 5.22. The Morgan fingerprint density at radius 3 is 2.43 bits per heavy atom. The number of anilines is 2. The van der Waals surface area contributed by atoms with Crippen LogP contribution in [0.3, 0.4) is 0 Å². The molecule has 1 aliphatic heterocycles. The minimum atomic E-state index is -4.23. The maximum Gasteiger partial charge on any atom is 0.281 e. The zero-order valence-electron chi connectivity index (χ0n) is 20.8. The van der Waals surface area contributed by atoms with E-state index >= 15 is 0 Å². The Labute approximate surface area is 217 Å². The zero-order valence-corrected chi connectivity index (χ0v) is 21.6. The maximum atomic E-state index is 13.3. The first-order valence-corrected chi connectivity index (χ1v) is 13.9. The van der Waals surface area contributed by atoms with Crippen molar-refractivity contribution in [1.82, 2.24) is 19.7 Å². The molecule has 2 aliphatic rings. The normalized spacial score (nSPS) is 19.9.